The largest absolute Gasteiger partial charge is 0.458 e. The Kier molecular flexibility index (Phi) is 4.92. The highest BCUT2D eigenvalue weighted by Crippen LogP contribution is 2.36. The first-order chi connectivity index (χ1) is 9.40. The summed E-state index contributed by atoms with van der Waals surface area (Å²) in [6, 6.07) is 4.34. The van der Waals surface area contributed by atoms with Crippen molar-refractivity contribution < 1.29 is 4.42 Å². The summed E-state index contributed by atoms with van der Waals surface area (Å²) in [4.78, 5) is 0. The molecule has 3 heteroatoms. The SMILES string of the molecule is Cc1cc(Br)c2oc(CNCC(C)C)c(C(C)C)c2c1. The molecule has 0 unspecified atom stereocenters. The van der Waals surface area contributed by atoms with Gasteiger partial charge in [-0.05, 0) is 58.9 Å². The predicted molar refractivity (Wildman–Crippen MR) is 89.3 cm³/mol. The van der Waals surface area contributed by atoms with Crippen LogP contribution in [0.5, 0.6) is 0 Å². The Morgan fingerprint density at radius 1 is 1.20 bits per heavy atom. The van der Waals surface area contributed by atoms with Crippen LogP contribution in [0.25, 0.3) is 11.0 Å². The number of nitrogens with one attached hydrogen (secondary N) is 1. The molecule has 1 heterocycles. The lowest BCUT2D eigenvalue weighted by atomic mass is 9.98. The predicted octanol–water partition coefficient (Wildman–Crippen LogP) is 5.37. The number of hydrogen-bond acceptors (Lipinski definition) is 2. The molecular weight excluding hydrogens is 314 g/mol. The van der Waals surface area contributed by atoms with Crippen LogP contribution in [0.15, 0.2) is 21.0 Å². The molecule has 0 aliphatic heterocycles. The van der Waals surface area contributed by atoms with Crippen molar-refractivity contribution in [1.82, 2.24) is 5.32 Å². The molecule has 0 aliphatic rings. The molecule has 20 heavy (non-hydrogen) atoms. The van der Waals surface area contributed by atoms with E-state index in [1.54, 1.807) is 0 Å². The summed E-state index contributed by atoms with van der Waals surface area (Å²) >= 11 is 3.62. The fourth-order valence-electron chi connectivity index (χ4n) is 2.60. The molecule has 0 saturated heterocycles. The van der Waals surface area contributed by atoms with Gasteiger partial charge in [-0.25, -0.2) is 0 Å². The molecule has 0 atom stereocenters. The van der Waals surface area contributed by atoms with Gasteiger partial charge in [-0.2, -0.15) is 0 Å². The smallest absolute Gasteiger partial charge is 0.148 e. The summed E-state index contributed by atoms with van der Waals surface area (Å²) < 4.78 is 7.16. The number of rotatable bonds is 5. The highest BCUT2D eigenvalue weighted by molar-refractivity contribution is 9.10. The molecule has 0 bridgehead atoms. The lowest BCUT2D eigenvalue weighted by Gasteiger charge is -2.09. The van der Waals surface area contributed by atoms with Crippen LogP contribution in [-0.4, -0.2) is 6.54 Å². The Bertz CT molecular complexity index is 599. The third kappa shape index (κ3) is 3.26. The molecule has 2 aromatic rings. The van der Waals surface area contributed by atoms with Gasteiger partial charge in [0, 0.05) is 10.9 Å². The van der Waals surface area contributed by atoms with Crippen LogP contribution in [0.4, 0.5) is 0 Å². The van der Waals surface area contributed by atoms with E-state index >= 15 is 0 Å². The van der Waals surface area contributed by atoms with Gasteiger partial charge in [0.2, 0.25) is 0 Å². The van der Waals surface area contributed by atoms with Crippen molar-refractivity contribution >= 4 is 26.9 Å². The Morgan fingerprint density at radius 3 is 2.50 bits per heavy atom. The molecule has 0 aliphatic carbocycles. The molecule has 0 amide bonds. The second kappa shape index (κ2) is 6.31. The standard InChI is InChI=1S/C17H24BrNO/c1-10(2)8-19-9-15-16(11(3)4)13-6-12(5)7-14(18)17(13)20-15/h6-7,10-11,19H,8-9H2,1-5H3. The van der Waals surface area contributed by atoms with Gasteiger partial charge >= 0.3 is 0 Å². The molecule has 1 aromatic heterocycles. The quantitative estimate of drug-likeness (QED) is 0.792. The molecule has 2 nitrogen and oxygen atoms in total. The highest BCUT2D eigenvalue weighted by atomic mass is 79.9. The fraction of sp³-hybridized carbons (Fsp3) is 0.529. The monoisotopic (exact) mass is 337 g/mol. The van der Waals surface area contributed by atoms with Crippen molar-refractivity contribution in [3.8, 4) is 0 Å². The van der Waals surface area contributed by atoms with Crippen molar-refractivity contribution in [2.45, 2.75) is 47.1 Å². The van der Waals surface area contributed by atoms with E-state index in [1.807, 2.05) is 0 Å². The maximum atomic E-state index is 6.12. The topological polar surface area (TPSA) is 25.2 Å². The van der Waals surface area contributed by atoms with Gasteiger partial charge in [-0.1, -0.05) is 27.7 Å². The van der Waals surface area contributed by atoms with Gasteiger partial charge in [0.15, 0.2) is 0 Å². The second-order valence-electron chi connectivity index (χ2n) is 6.24. The third-order valence-corrected chi connectivity index (χ3v) is 4.01. The van der Waals surface area contributed by atoms with Crippen LogP contribution in [-0.2, 0) is 6.54 Å². The van der Waals surface area contributed by atoms with Crippen LogP contribution in [0, 0.1) is 12.8 Å². The van der Waals surface area contributed by atoms with E-state index < -0.39 is 0 Å². The molecule has 0 fully saturated rings. The van der Waals surface area contributed by atoms with Gasteiger partial charge in [-0.3, -0.25) is 0 Å². The Balaban J connectivity index is 2.43. The van der Waals surface area contributed by atoms with E-state index in [0.717, 1.165) is 28.9 Å². The van der Waals surface area contributed by atoms with Crippen LogP contribution in [0.3, 0.4) is 0 Å². The summed E-state index contributed by atoms with van der Waals surface area (Å²) in [6.07, 6.45) is 0. The van der Waals surface area contributed by atoms with E-state index in [0.29, 0.717) is 11.8 Å². The van der Waals surface area contributed by atoms with Gasteiger partial charge in [0.1, 0.15) is 11.3 Å². The summed E-state index contributed by atoms with van der Waals surface area (Å²) in [5, 5.41) is 4.73. The van der Waals surface area contributed by atoms with E-state index in [9.17, 15) is 0 Å². The van der Waals surface area contributed by atoms with Gasteiger partial charge in [0.25, 0.3) is 0 Å². The number of halogens is 1. The Morgan fingerprint density at radius 2 is 1.90 bits per heavy atom. The lowest BCUT2D eigenvalue weighted by Crippen LogP contribution is -2.19. The minimum Gasteiger partial charge on any atom is -0.458 e. The third-order valence-electron chi connectivity index (χ3n) is 3.42. The molecular formula is C17H24BrNO. The molecule has 110 valence electrons. The van der Waals surface area contributed by atoms with E-state index in [2.05, 4.69) is 68.0 Å². The number of furan rings is 1. The van der Waals surface area contributed by atoms with Crippen molar-refractivity contribution in [2.24, 2.45) is 5.92 Å². The molecule has 0 spiro atoms. The highest BCUT2D eigenvalue weighted by Gasteiger charge is 2.18. The normalized spacial score (nSPS) is 12.0. The van der Waals surface area contributed by atoms with Crippen molar-refractivity contribution in [3.05, 3.63) is 33.5 Å². The average Bonchev–Trinajstić information content (AvgIpc) is 2.67. The minimum atomic E-state index is 0.459. The van der Waals surface area contributed by atoms with Gasteiger partial charge in [0.05, 0.1) is 11.0 Å². The Hall–Kier alpha value is -0.800. The average molecular weight is 338 g/mol. The first-order valence-electron chi connectivity index (χ1n) is 7.32. The van der Waals surface area contributed by atoms with Gasteiger partial charge in [-0.15, -0.1) is 0 Å². The maximum absolute atomic E-state index is 6.12. The Labute approximate surface area is 130 Å². The van der Waals surface area contributed by atoms with E-state index in [-0.39, 0.29) is 0 Å². The zero-order valence-corrected chi connectivity index (χ0v) is 14.6. The van der Waals surface area contributed by atoms with Crippen LogP contribution in [0.2, 0.25) is 0 Å². The summed E-state index contributed by atoms with van der Waals surface area (Å²) in [5.74, 6) is 2.18. The number of fused-ring (bicyclic) bond motifs is 1. The van der Waals surface area contributed by atoms with E-state index in [4.69, 9.17) is 4.42 Å². The van der Waals surface area contributed by atoms with Crippen LogP contribution < -0.4 is 5.32 Å². The van der Waals surface area contributed by atoms with E-state index in [1.165, 1.54) is 16.5 Å². The molecule has 0 radical (unpaired) electrons. The number of aryl methyl sites for hydroxylation is 1. The maximum Gasteiger partial charge on any atom is 0.148 e. The first-order valence-corrected chi connectivity index (χ1v) is 8.11. The summed E-state index contributed by atoms with van der Waals surface area (Å²) in [5.41, 5.74) is 3.56. The van der Waals surface area contributed by atoms with Crippen LogP contribution >= 0.6 is 15.9 Å². The number of benzene rings is 1. The molecule has 2 rings (SSSR count). The van der Waals surface area contributed by atoms with Crippen LogP contribution in [0.1, 0.15) is 50.5 Å². The van der Waals surface area contributed by atoms with Crippen molar-refractivity contribution in [2.75, 3.05) is 6.54 Å². The molecule has 0 saturated carbocycles. The first kappa shape index (κ1) is 15.6. The summed E-state index contributed by atoms with van der Waals surface area (Å²) in [7, 11) is 0. The lowest BCUT2D eigenvalue weighted by molar-refractivity contribution is 0.478. The molecule has 1 aromatic carbocycles. The van der Waals surface area contributed by atoms with Crippen molar-refractivity contribution in [1.29, 1.82) is 0 Å². The molecule has 1 N–H and O–H groups in total. The second-order valence-corrected chi connectivity index (χ2v) is 7.10. The summed E-state index contributed by atoms with van der Waals surface area (Å²) in [6.45, 7) is 12.8. The fourth-order valence-corrected chi connectivity index (χ4v) is 3.26. The zero-order chi connectivity index (χ0) is 14.9. The number of hydrogen-bond donors (Lipinski definition) is 1. The van der Waals surface area contributed by atoms with Gasteiger partial charge < -0.3 is 9.73 Å². The minimum absolute atomic E-state index is 0.459. The van der Waals surface area contributed by atoms with Crippen molar-refractivity contribution in [3.63, 3.8) is 0 Å². The zero-order valence-electron chi connectivity index (χ0n) is 13.0.